The molecule has 0 aromatic carbocycles. The molecule has 2 N–H and O–H groups in total. The van der Waals surface area contributed by atoms with Gasteiger partial charge >= 0.3 is 12.2 Å². The summed E-state index contributed by atoms with van der Waals surface area (Å²) < 4.78 is 37.5. The van der Waals surface area contributed by atoms with E-state index in [1.54, 1.807) is 0 Å². The molecule has 1 aliphatic heterocycles. The number of imide groups is 1. The summed E-state index contributed by atoms with van der Waals surface area (Å²) in [6, 6.07) is 1.35. The zero-order valence-corrected chi connectivity index (χ0v) is 10.9. The van der Waals surface area contributed by atoms with Crippen LogP contribution in [-0.2, 0) is 11.0 Å². The van der Waals surface area contributed by atoms with Gasteiger partial charge in [0.2, 0.25) is 5.91 Å². The zero-order valence-electron chi connectivity index (χ0n) is 10.9. The molecule has 0 aliphatic carbocycles. The Labute approximate surface area is 118 Å². The first-order valence-corrected chi connectivity index (χ1v) is 6.23. The fraction of sp³-hybridized carbons (Fsp3) is 0.417. The fourth-order valence-corrected chi connectivity index (χ4v) is 1.84. The van der Waals surface area contributed by atoms with Crippen LogP contribution in [0.1, 0.15) is 12.0 Å². The molecule has 21 heavy (non-hydrogen) atoms. The van der Waals surface area contributed by atoms with E-state index >= 15 is 0 Å². The van der Waals surface area contributed by atoms with Crippen LogP contribution >= 0.6 is 0 Å². The average Bonchev–Trinajstić information content (AvgIpc) is 2.74. The first-order chi connectivity index (χ1) is 9.88. The number of carbonyl (C=O) groups is 2. The maximum absolute atomic E-state index is 12.5. The molecule has 0 saturated carbocycles. The third-order valence-corrected chi connectivity index (χ3v) is 2.89. The standard InChI is InChI=1S/C12H13F3N4O2/c13-12(14,15)8-2-4-17-9(6-8)16-3-1-5-19-10(20)7-18-11(19)21/h2,4,6H,1,3,5,7H2,(H,16,17)(H,18,21). The Morgan fingerprint density at radius 2 is 2.14 bits per heavy atom. The minimum absolute atomic E-state index is 0.0125. The van der Waals surface area contributed by atoms with E-state index in [4.69, 9.17) is 0 Å². The van der Waals surface area contributed by atoms with Crippen LogP contribution < -0.4 is 10.6 Å². The highest BCUT2D eigenvalue weighted by molar-refractivity contribution is 6.01. The van der Waals surface area contributed by atoms with Gasteiger partial charge in [0, 0.05) is 19.3 Å². The smallest absolute Gasteiger partial charge is 0.370 e. The van der Waals surface area contributed by atoms with Gasteiger partial charge in [-0.25, -0.2) is 9.78 Å². The van der Waals surface area contributed by atoms with E-state index in [1.807, 2.05) is 0 Å². The minimum Gasteiger partial charge on any atom is -0.370 e. The fourth-order valence-electron chi connectivity index (χ4n) is 1.84. The van der Waals surface area contributed by atoms with E-state index in [0.717, 1.165) is 23.2 Å². The molecule has 0 radical (unpaired) electrons. The van der Waals surface area contributed by atoms with E-state index in [2.05, 4.69) is 15.6 Å². The van der Waals surface area contributed by atoms with Crippen molar-refractivity contribution < 1.29 is 22.8 Å². The second-order valence-corrected chi connectivity index (χ2v) is 4.41. The van der Waals surface area contributed by atoms with Crippen molar-refractivity contribution >= 4 is 17.8 Å². The van der Waals surface area contributed by atoms with E-state index < -0.39 is 17.8 Å². The highest BCUT2D eigenvalue weighted by atomic mass is 19.4. The second kappa shape index (κ2) is 5.98. The number of hydrogen-bond donors (Lipinski definition) is 2. The number of rotatable bonds is 5. The van der Waals surface area contributed by atoms with Gasteiger partial charge < -0.3 is 10.6 Å². The molecule has 9 heteroatoms. The predicted molar refractivity (Wildman–Crippen MR) is 67.5 cm³/mol. The SMILES string of the molecule is O=C1CNC(=O)N1CCCNc1cc(C(F)(F)F)ccn1. The van der Waals surface area contributed by atoms with Crippen molar-refractivity contribution in [1.29, 1.82) is 0 Å². The number of anilines is 1. The molecule has 6 nitrogen and oxygen atoms in total. The lowest BCUT2D eigenvalue weighted by Crippen LogP contribution is -2.32. The van der Waals surface area contributed by atoms with Crippen LogP contribution in [0.3, 0.4) is 0 Å². The van der Waals surface area contributed by atoms with E-state index in [0.29, 0.717) is 13.0 Å². The van der Waals surface area contributed by atoms with E-state index in [9.17, 15) is 22.8 Å². The molecule has 0 unspecified atom stereocenters. The van der Waals surface area contributed by atoms with E-state index in [1.165, 1.54) is 0 Å². The van der Waals surface area contributed by atoms with Gasteiger partial charge in [0.25, 0.3) is 0 Å². The van der Waals surface area contributed by atoms with Crippen LogP contribution in [0.2, 0.25) is 0 Å². The van der Waals surface area contributed by atoms with Crippen LogP contribution in [0.25, 0.3) is 0 Å². The Bertz CT molecular complexity index is 532. The van der Waals surface area contributed by atoms with Crippen molar-refractivity contribution in [2.45, 2.75) is 12.6 Å². The maximum atomic E-state index is 12.5. The lowest BCUT2D eigenvalue weighted by molar-refractivity contribution is -0.137. The molecular formula is C12H13F3N4O2. The number of aromatic nitrogens is 1. The van der Waals surface area contributed by atoms with Gasteiger partial charge in [-0.2, -0.15) is 13.2 Å². The molecule has 1 fully saturated rings. The summed E-state index contributed by atoms with van der Waals surface area (Å²) in [7, 11) is 0. The summed E-state index contributed by atoms with van der Waals surface area (Å²) >= 11 is 0. The number of alkyl halides is 3. The number of halogens is 3. The first kappa shape index (κ1) is 15.1. The topological polar surface area (TPSA) is 74.3 Å². The summed E-state index contributed by atoms with van der Waals surface area (Å²) in [4.78, 5) is 27.4. The number of carbonyl (C=O) groups excluding carboxylic acids is 2. The molecule has 2 rings (SSSR count). The number of nitrogens with zero attached hydrogens (tertiary/aromatic N) is 2. The monoisotopic (exact) mass is 302 g/mol. The van der Waals surface area contributed by atoms with Gasteiger partial charge in [-0.05, 0) is 18.6 Å². The number of pyridine rings is 1. The summed E-state index contributed by atoms with van der Waals surface area (Å²) in [5, 5.41) is 5.11. The summed E-state index contributed by atoms with van der Waals surface area (Å²) in [5.41, 5.74) is -0.783. The summed E-state index contributed by atoms with van der Waals surface area (Å²) in [5.74, 6) is -0.209. The zero-order chi connectivity index (χ0) is 15.5. The van der Waals surface area contributed by atoms with Gasteiger partial charge in [0.1, 0.15) is 5.82 Å². The van der Waals surface area contributed by atoms with Gasteiger partial charge in [-0.3, -0.25) is 9.69 Å². The quantitative estimate of drug-likeness (QED) is 0.638. The molecule has 114 valence electrons. The first-order valence-electron chi connectivity index (χ1n) is 6.23. The molecule has 3 amide bonds. The third-order valence-electron chi connectivity index (χ3n) is 2.89. The largest absolute Gasteiger partial charge is 0.416 e. The van der Waals surface area contributed by atoms with E-state index in [-0.39, 0.29) is 24.8 Å². The molecule has 1 aromatic heterocycles. The number of amides is 3. The minimum atomic E-state index is -4.42. The molecule has 0 bridgehead atoms. The highest BCUT2D eigenvalue weighted by Crippen LogP contribution is 2.29. The van der Waals surface area contributed by atoms with Gasteiger partial charge in [0.05, 0.1) is 12.1 Å². The number of urea groups is 1. The molecule has 1 aromatic rings. The van der Waals surface area contributed by atoms with Crippen molar-refractivity contribution in [1.82, 2.24) is 15.2 Å². The van der Waals surface area contributed by atoms with Crippen LogP contribution in [0.15, 0.2) is 18.3 Å². The Morgan fingerprint density at radius 3 is 2.76 bits per heavy atom. The Morgan fingerprint density at radius 1 is 1.38 bits per heavy atom. The average molecular weight is 302 g/mol. The molecule has 1 aliphatic rings. The van der Waals surface area contributed by atoms with Crippen LogP contribution in [-0.4, -0.2) is 41.5 Å². The van der Waals surface area contributed by atoms with Crippen molar-refractivity contribution in [2.24, 2.45) is 0 Å². The Kier molecular flexibility index (Phi) is 4.29. The number of nitrogens with one attached hydrogen (secondary N) is 2. The highest BCUT2D eigenvalue weighted by Gasteiger charge is 2.30. The van der Waals surface area contributed by atoms with Crippen LogP contribution in [0, 0.1) is 0 Å². The van der Waals surface area contributed by atoms with Crippen molar-refractivity contribution in [2.75, 3.05) is 25.0 Å². The Hall–Kier alpha value is -2.32. The molecule has 0 atom stereocenters. The lowest BCUT2D eigenvalue weighted by atomic mass is 10.2. The molecule has 0 spiro atoms. The summed E-state index contributed by atoms with van der Waals surface area (Å²) in [6.45, 7) is 0.490. The maximum Gasteiger partial charge on any atom is 0.416 e. The summed E-state index contributed by atoms with van der Waals surface area (Å²) in [6.07, 6.45) is -2.93. The van der Waals surface area contributed by atoms with Crippen LogP contribution in [0.4, 0.5) is 23.8 Å². The van der Waals surface area contributed by atoms with Crippen molar-refractivity contribution in [3.8, 4) is 0 Å². The van der Waals surface area contributed by atoms with Crippen LogP contribution in [0.5, 0.6) is 0 Å². The van der Waals surface area contributed by atoms with Gasteiger partial charge in [-0.15, -0.1) is 0 Å². The molecule has 2 heterocycles. The lowest BCUT2D eigenvalue weighted by Gasteiger charge is -2.13. The van der Waals surface area contributed by atoms with Gasteiger partial charge in [-0.1, -0.05) is 0 Å². The molecular weight excluding hydrogens is 289 g/mol. The second-order valence-electron chi connectivity index (χ2n) is 4.41. The third kappa shape index (κ3) is 3.83. The normalized spacial score (nSPS) is 15.3. The van der Waals surface area contributed by atoms with Crippen molar-refractivity contribution in [3.63, 3.8) is 0 Å². The molecule has 1 saturated heterocycles. The van der Waals surface area contributed by atoms with Gasteiger partial charge in [0.15, 0.2) is 0 Å². The Balaban J connectivity index is 1.81. The predicted octanol–water partition coefficient (Wildman–Crippen LogP) is 1.45. The van der Waals surface area contributed by atoms with Crippen molar-refractivity contribution in [3.05, 3.63) is 23.9 Å². The number of hydrogen-bond acceptors (Lipinski definition) is 4.